The van der Waals surface area contributed by atoms with E-state index in [4.69, 9.17) is 0 Å². The SMILES string of the molecule is Cn1nncc1CN1CCc2ccc(S(=O)(=O)N3CCCC3)cc21. The van der Waals surface area contributed by atoms with Gasteiger partial charge in [-0.25, -0.2) is 8.42 Å². The Morgan fingerprint density at radius 3 is 2.67 bits per heavy atom. The molecular formula is C16H21N5O2S. The van der Waals surface area contributed by atoms with E-state index in [1.165, 1.54) is 5.56 Å². The normalized spacial score (nSPS) is 18.3. The summed E-state index contributed by atoms with van der Waals surface area (Å²) in [5, 5.41) is 7.87. The van der Waals surface area contributed by atoms with Crippen molar-refractivity contribution < 1.29 is 8.42 Å². The average molecular weight is 347 g/mol. The highest BCUT2D eigenvalue weighted by Crippen LogP contribution is 2.33. The van der Waals surface area contributed by atoms with Crippen LogP contribution in [0.4, 0.5) is 5.69 Å². The number of hydrogen-bond donors (Lipinski definition) is 0. The van der Waals surface area contributed by atoms with Gasteiger partial charge in [-0.3, -0.25) is 4.68 Å². The van der Waals surface area contributed by atoms with Gasteiger partial charge < -0.3 is 4.90 Å². The molecule has 0 unspecified atom stereocenters. The Morgan fingerprint density at radius 2 is 1.96 bits per heavy atom. The molecule has 1 saturated heterocycles. The van der Waals surface area contributed by atoms with Crippen molar-refractivity contribution in [1.82, 2.24) is 19.3 Å². The smallest absolute Gasteiger partial charge is 0.243 e. The van der Waals surface area contributed by atoms with Crippen LogP contribution in [0.25, 0.3) is 0 Å². The van der Waals surface area contributed by atoms with Crippen molar-refractivity contribution in [2.45, 2.75) is 30.7 Å². The Bertz CT molecular complexity index is 855. The minimum absolute atomic E-state index is 0.401. The minimum Gasteiger partial charge on any atom is -0.365 e. The van der Waals surface area contributed by atoms with Gasteiger partial charge >= 0.3 is 0 Å². The summed E-state index contributed by atoms with van der Waals surface area (Å²) in [7, 11) is -1.51. The lowest BCUT2D eigenvalue weighted by Crippen LogP contribution is -2.28. The lowest BCUT2D eigenvalue weighted by Gasteiger charge is -2.21. The number of aromatic nitrogens is 3. The van der Waals surface area contributed by atoms with E-state index in [1.807, 2.05) is 19.2 Å². The van der Waals surface area contributed by atoms with Gasteiger partial charge in [-0.1, -0.05) is 11.3 Å². The number of sulfonamides is 1. The summed E-state index contributed by atoms with van der Waals surface area (Å²) in [5.74, 6) is 0. The van der Waals surface area contributed by atoms with Crippen LogP contribution >= 0.6 is 0 Å². The number of nitrogens with zero attached hydrogens (tertiary/aromatic N) is 5. The van der Waals surface area contributed by atoms with Crippen LogP contribution in [0.1, 0.15) is 24.1 Å². The molecule has 2 aliphatic rings. The third kappa shape index (κ3) is 2.59. The van der Waals surface area contributed by atoms with Gasteiger partial charge in [0.1, 0.15) is 0 Å². The Hall–Kier alpha value is -1.93. The molecule has 1 aromatic carbocycles. The topological polar surface area (TPSA) is 71.3 Å². The number of fused-ring (bicyclic) bond motifs is 1. The van der Waals surface area contributed by atoms with Crippen molar-refractivity contribution in [3.63, 3.8) is 0 Å². The monoisotopic (exact) mass is 347 g/mol. The predicted octanol–water partition coefficient (Wildman–Crippen LogP) is 1.16. The Kier molecular flexibility index (Phi) is 3.80. The summed E-state index contributed by atoms with van der Waals surface area (Å²) in [5.41, 5.74) is 3.22. The fourth-order valence-electron chi connectivity index (χ4n) is 3.48. The van der Waals surface area contributed by atoms with Crippen LogP contribution in [-0.4, -0.2) is 47.4 Å². The zero-order valence-electron chi connectivity index (χ0n) is 13.7. The summed E-state index contributed by atoms with van der Waals surface area (Å²) in [4.78, 5) is 2.61. The van der Waals surface area contributed by atoms with Gasteiger partial charge in [0.2, 0.25) is 10.0 Å². The maximum atomic E-state index is 12.8. The van der Waals surface area contributed by atoms with Crippen LogP contribution in [0.5, 0.6) is 0 Å². The second kappa shape index (κ2) is 5.86. The van der Waals surface area contributed by atoms with E-state index in [1.54, 1.807) is 21.3 Å². The summed E-state index contributed by atoms with van der Waals surface area (Å²) in [6.07, 6.45) is 4.58. The quantitative estimate of drug-likeness (QED) is 0.830. The van der Waals surface area contributed by atoms with Crippen molar-refractivity contribution in [2.24, 2.45) is 7.05 Å². The van der Waals surface area contributed by atoms with Gasteiger partial charge in [0, 0.05) is 32.4 Å². The number of anilines is 1. The number of rotatable bonds is 4. The first-order valence-corrected chi connectivity index (χ1v) is 9.71. The predicted molar refractivity (Wildman–Crippen MR) is 90.2 cm³/mol. The van der Waals surface area contributed by atoms with E-state index in [0.29, 0.717) is 24.5 Å². The van der Waals surface area contributed by atoms with E-state index in [2.05, 4.69) is 15.2 Å². The Morgan fingerprint density at radius 1 is 1.17 bits per heavy atom. The molecule has 0 N–H and O–H groups in total. The molecule has 0 atom stereocenters. The average Bonchev–Trinajstić information content (AvgIpc) is 3.30. The molecule has 0 bridgehead atoms. The fraction of sp³-hybridized carbons (Fsp3) is 0.500. The molecule has 0 radical (unpaired) electrons. The lowest BCUT2D eigenvalue weighted by molar-refractivity contribution is 0.477. The molecule has 0 aliphatic carbocycles. The second-order valence-corrected chi connectivity index (χ2v) is 8.36. The molecule has 2 aliphatic heterocycles. The molecule has 0 spiro atoms. The van der Waals surface area contributed by atoms with Crippen molar-refractivity contribution in [1.29, 1.82) is 0 Å². The molecular weight excluding hydrogens is 326 g/mol. The van der Waals surface area contributed by atoms with Crippen molar-refractivity contribution in [3.8, 4) is 0 Å². The van der Waals surface area contributed by atoms with Crippen LogP contribution in [0.2, 0.25) is 0 Å². The maximum absolute atomic E-state index is 12.8. The van der Waals surface area contributed by atoms with Crippen molar-refractivity contribution >= 4 is 15.7 Å². The van der Waals surface area contributed by atoms with Crippen LogP contribution in [0.3, 0.4) is 0 Å². The fourth-order valence-corrected chi connectivity index (χ4v) is 5.01. The van der Waals surface area contributed by atoms with E-state index in [-0.39, 0.29) is 0 Å². The zero-order chi connectivity index (χ0) is 16.7. The van der Waals surface area contributed by atoms with Gasteiger partial charge in [-0.2, -0.15) is 4.31 Å². The molecule has 128 valence electrons. The third-order valence-corrected chi connectivity index (χ3v) is 6.81. The van der Waals surface area contributed by atoms with Gasteiger partial charge in [0.25, 0.3) is 0 Å². The highest BCUT2D eigenvalue weighted by atomic mass is 32.2. The summed E-state index contributed by atoms with van der Waals surface area (Å²) >= 11 is 0. The van der Waals surface area contributed by atoms with Gasteiger partial charge in [0.05, 0.1) is 23.3 Å². The zero-order valence-corrected chi connectivity index (χ0v) is 14.5. The highest BCUT2D eigenvalue weighted by Gasteiger charge is 2.29. The van der Waals surface area contributed by atoms with Gasteiger partial charge in [-0.05, 0) is 37.0 Å². The summed E-state index contributed by atoms with van der Waals surface area (Å²) < 4.78 is 28.9. The van der Waals surface area contributed by atoms with Crippen molar-refractivity contribution in [3.05, 3.63) is 35.7 Å². The molecule has 1 aromatic heterocycles. The first kappa shape index (κ1) is 15.6. The van der Waals surface area contributed by atoms with Crippen LogP contribution in [0, 0.1) is 0 Å². The molecule has 0 amide bonds. The molecule has 0 saturated carbocycles. The highest BCUT2D eigenvalue weighted by molar-refractivity contribution is 7.89. The van der Waals surface area contributed by atoms with E-state index in [0.717, 1.165) is 37.2 Å². The lowest BCUT2D eigenvalue weighted by atomic mass is 10.2. The van der Waals surface area contributed by atoms with E-state index < -0.39 is 10.0 Å². The van der Waals surface area contributed by atoms with Crippen LogP contribution < -0.4 is 4.90 Å². The number of hydrogen-bond acceptors (Lipinski definition) is 5. The minimum atomic E-state index is -3.38. The largest absolute Gasteiger partial charge is 0.365 e. The number of benzene rings is 1. The summed E-state index contributed by atoms with van der Waals surface area (Å²) in [6.45, 7) is 2.82. The molecule has 2 aromatic rings. The van der Waals surface area contributed by atoms with Gasteiger partial charge in [-0.15, -0.1) is 5.10 Å². The molecule has 4 rings (SSSR count). The summed E-state index contributed by atoms with van der Waals surface area (Å²) in [6, 6.07) is 5.54. The standard InChI is InChI=1S/C16H21N5O2S/c1-19-14(11-17-18-19)12-20-9-6-13-4-5-15(10-16(13)20)24(22,23)21-7-2-3-8-21/h4-5,10-11H,2-3,6-9,12H2,1H3. The first-order valence-electron chi connectivity index (χ1n) is 8.27. The Labute approximate surface area is 141 Å². The molecule has 3 heterocycles. The molecule has 8 heteroatoms. The van der Waals surface area contributed by atoms with Crippen LogP contribution in [-0.2, 0) is 30.0 Å². The Balaban J connectivity index is 1.65. The molecule has 7 nitrogen and oxygen atoms in total. The first-order chi connectivity index (χ1) is 11.6. The molecule has 1 fully saturated rings. The van der Waals surface area contributed by atoms with E-state index >= 15 is 0 Å². The third-order valence-electron chi connectivity index (χ3n) is 4.91. The van der Waals surface area contributed by atoms with Crippen LogP contribution in [0.15, 0.2) is 29.3 Å². The van der Waals surface area contributed by atoms with Gasteiger partial charge in [0.15, 0.2) is 0 Å². The maximum Gasteiger partial charge on any atom is 0.243 e. The van der Waals surface area contributed by atoms with Crippen molar-refractivity contribution in [2.75, 3.05) is 24.5 Å². The number of aryl methyl sites for hydroxylation is 1. The second-order valence-electron chi connectivity index (χ2n) is 6.42. The van der Waals surface area contributed by atoms with E-state index in [9.17, 15) is 8.42 Å². The molecule has 24 heavy (non-hydrogen) atoms.